The van der Waals surface area contributed by atoms with Crippen LogP contribution in [0.4, 0.5) is 21.5 Å². The summed E-state index contributed by atoms with van der Waals surface area (Å²) in [6, 6.07) is 12.0. The molecule has 14 nitrogen and oxygen atoms in total. The number of nitrogen functional groups attached to an aromatic ring is 1. The van der Waals surface area contributed by atoms with Crippen LogP contribution >= 0.6 is 23.2 Å². The Bertz CT molecular complexity index is 1990. The first-order valence-corrected chi connectivity index (χ1v) is 15.5. The van der Waals surface area contributed by atoms with E-state index in [0.29, 0.717) is 0 Å². The lowest BCUT2D eigenvalue weighted by molar-refractivity contribution is -0.118. The predicted octanol–water partition coefficient (Wildman–Crippen LogP) is 4.86. The van der Waals surface area contributed by atoms with E-state index in [-0.39, 0.29) is 78.1 Å². The number of nitrogens with one attached hydrogen (secondary N) is 4. The second-order valence-corrected chi connectivity index (χ2v) is 11.2. The standard InChI is InChI=1S/C34H32Cl2FN5O9/c1-39-33(46)18-6-9-24(48-3)31(50-14-26(44)41-16-5-8-23(43)20(35)11-16)28(18)29-19(34(47)40-2)7-10-25(49-4)32(29)51-15-27(45)42-17-12-21(36)30(37)22(38)13-17/h5-13,43H,14-15,38H2,1-4H3,(H,39,46)(H,40,47)(H,41,44)(H,42,45). The van der Waals surface area contributed by atoms with Crippen LogP contribution in [0.1, 0.15) is 20.7 Å². The van der Waals surface area contributed by atoms with Crippen molar-refractivity contribution in [2.75, 3.05) is 57.9 Å². The first kappa shape index (κ1) is 37.9. The van der Waals surface area contributed by atoms with Crippen molar-refractivity contribution < 1.29 is 47.6 Å². The van der Waals surface area contributed by atoms with Crippen molar-refractivity contribution in [1.29, 1.82) is 0 Å². The average molecular weight is 745 g/mol. The van der Waals surface area contributed by atoms with Crippen molar-refractivity contribution in [3.05, 3.63) is 81.6 Å². The molecule has 0 spiro atoms. The van der Waals surface area contributed by atoms with E-state index in [4.69, 9.17) is 47.9 Å². The van der Waals surface area contributed by atoms with E-state index in [0.717, 1.165) is 6.07 Å². The minimum Gasteiger partial charge on any atom is -0.506 e. The van der Waals surface area contributed by atoms with E-state index in [9.17, 15) is 28.7 Å². The second kappa shape index (κ2) is 16.7. The molecule has 0 saturated carbocycles. The summed E-state index contributed by atoms with van der Waals surface area (Å²) in [5.74, 6) is -3.92. The fraction of sp³-hybridized carbons (Fsp3) is 0.176. The minimum atomic E-state index is -0.850. The summed E-state index contributed by atoms with van der Waals surface area (Å²) < 4.78 is 37.0. The van der Waals surface area contributed by atoms with Crippen LogP contribution in [-0.4, -0.2) is 70.3 Å². The average Bonchev–Trinajstić information content (AvgIpc) is 3.11. The van der Waals surface area contributed by atoms with Gasteiger partial charge in [-0.05, 0) is 54.6 Å². The first-order valence-electron chi connectivity index (χ1n) is 14.8. The van der Waals surface area contributed by atoms with Gasteiger partial charge in [-0.1, -0.05) is 23.2 Å². The third-order valence-corrected chi connectivity index (χ3v) is 7.72. The van der Waals surface area contributed by atoms with Crippen LogP contribution in [0.25, 0.3) is 11.1 Å². The Morgan fingerprint density at radius 3 is 1.63 bits per heavy atom. The predicted molar refractivity (Wildman–Crippen MR) is 189 cm³/mol. The van der Waals surface area contributed by atoms with Crippen molar-refractivity contribution in [2.24, 2.45) is 0 Å². The van der Waals surface area contributed by atoms with Gasteiger partial charge in [-0.3, -0.25) is 19.2 Å². The van der Waals surface area contributed by atoms with E-state index in [1.165, 1.54) is 76.8 Å². The minimum absolute atomic E-state index is 0.00233. The molecule has 17 heteroatoms. The van der Waals surface area contributed by atoms with E-state index in [1.807, 2.05) is 0 Å². The lowest BCUT2D eigenvalue weighted by atomic mass is 9.91. The smallest absolute Gasteiger partial charge is 0.262 e. The maximum absolute atomic E-state index is 13.9. The molecular formula is C34H32Cl2FN5O9. The lowest BCUT2D eigenvalue weighted by Crippen LogP contribution is -2.24. The third kappa shape index (κ3) is 8.63. The highest BCUT2D eigenvalue weighted by molar-refractivity contribution is 6.32. The molecule has 268 valence electrons. The maximum atomic E-state index is 13.9. The van der Waals surface area contributed by atoms with Gasteiger partial charge in [0, 0.05) is 36.6 Å². The molecule has 0 radical (unpaired) electrons. The molecule has 7 N–H and O–H groups in total. The van der Waals surface area contributed by atoms with Crippen LogP contribution in [0.2, 0.25) is 10.0 Å². The van der Waals surface area contributed by atoms with Gasteiger partial charge < -0.3 is 51.1 Å². The fourth-order valence-electron chi connectivity index (χ4n) is 4.82. The number of ether oxygens (including phenoxy) is 4. The number of carbonyl (C=O) groups excluding carboxylic acids is 4. The number of rotatable bonds is 13. The third-order valence-electron chi connectivity index (χ3n) is 7.14. The Morgan fingerprint density at radius 2 is 1.20 bits per heavy atom. The number of hydrogen-bond acceptors (Lipinski definition) is 10. The Kier molecular flexibility index (Phi) is 12.4. The SMILES string of the molecule is CNC(=O)c1ccc(OC)c(OCC(=O)Nc2ccc(O)c(Cl)c2)c1-c1c(C(=O)NC)ccc(OC)c1OCC(=O)Nc1cc(N)c(F)c(Cl)c1. The summed E-state index contributed by atoms with van der Waals surface area (Å²) >= 11 is 11.8. The van der Waals surface area contributed by atoms with Gasteiger partial charge in [0.1, 0.15) is 5.75 Å². The van der Waals surface area contributed by atoms with Gasteiger partial charge in [0.15, 0.2) is 42.0 Å². The highest BCUT2D eigenvalue weighted by Crippen LogP contribution is 2.49. The number of hydrogen-bond donors (Lipinski definition) is 6. The monoisotopic (exact) mass is 743 g/mol. The van der Waals surface area contributed by atoms with E-state index >= 15 is 0 Å². The van der Waals surface area contributed by atoms with Crippen LogP contribution in [0.15, 0.2) is 54.6 Å². The summed E-state index contributed by atoms with van der Waals surface area (Å²) in [5, 5.41) is 19.6. The number of amides is 4. The number of anilines is 3. The van der Waals surface area contributed by atoms with Crippen LogP contribution in [0.5, 0.6) is 28.7 Å². The zero-order chi connectivity index (χ0) is 37.4. The Hall–Kier alpha value is -5.93. The largest absolute Gasteiger partial charge is 0.506 e. The molecule has 0 fully saturated rings. The number of halogens is 3. The van der Waals surface area contributed by atoms with E-state index < -0.39 is 42.7 Å². The highest BCUT2D eigenvalue weighted by Gasteiger charge is 2.30. The van der Waals surface area contributed by atoms with Gasteiger partial charge in [-0.2, -0.15) is 0 Å². The lowest BCUT2D eigenvalue weighted by Gasteiger charge is -2.23. The zero-order valence-electron chi connectivity index (χ0n) is 27.5. The molecule has 0 atom stereocenters. The summed E-state index contributed by atoms with van der Waals surface area (Å²) in [6.07, 6.45) is 0. The number of phenols is 1. The van der Waals surface area contributed by atoms with Gasteiger partial charge in [0.2, 0.25) is 0 Å². The van der Waals surface area contributed by atoms with Crippen molar-refractivity contribution in [1.82, 2.24) is 10.6 Å². The number of benzene rings is 4. The molecule has 4 rings (SSSR count). The van der Waals surface area contributed by atoms with Gasteiger partial charge >= 0.3 is 0 Å². The molecular weight excluding hydrogens is 712 g/mol. The van der Waals surface area contributed by atoms with Crippen molar-refractivity contribution in [3.63, 3.8) is 0 Å². The van der Waals surface area contributed by atoms with Crippen molar-refractivity contribution >= 4 is 63.9 Å². The first-order chi connectivity index (χ1) is 24.3. The molecule has 0 aromatic heterocycles. The zero-order valence-corrected chi connectivity index (χ0v) is 29.0. The van der Waals surface area contributed by atoms with Gasteiger partial charge in [-0.25, -0.2) is 4.39 Å². The van der Waals surface area contributed by atoms with Crippen molar-refractivity contribution in [3.8, 4) is 39.9 Å². The molecule has 0 heterocycles. The summed E-state index contributed by atoms with van der Waals surface area (Å²) in [5.41, 5.74) is 5.47. The van der Waals surface area contributed by atoms with Crippen LogP contribution in [-0.2, 0) is 9.59 Å². The number of methoxy groups -OCH3 is 2. The second-order valence-electron chi connectivity index (χ2n) is 10.4. The van der Waals surface area contributed by atoms with Gasteiger partial charge in [-0.15, -0.1) is 0 Å². The number of aromatic hydroxyl groups is 1. The maximum Gasteiger partial charge on any atom is 0.262 e. The highest BCUT2D eigenvalue weighted by atomic mass is 35.5. The Balaban J connectivity index is 1.84. The number of phenolic OH excluding ortho intramolecular Hbond substituents is 1. The quantitative estimate of drug-likeness (QED) is 0.0812. The summed E-state index contributed by atoms with van der Waals surface area (Å²) in [4.78, 5) is 52.8. The van der Waals surface area contributed by atoms with Gasteiger partial charge in [0.05, 0.1) is 41.1 Å². The molecule has 0 aliphatic heterocycles. The van der Waals surface area contributed by atoms with Crippen LogP contribution < -0.4 is 45.9 Å². The molecule has 51 heavy (non-hydrogen) atoms. The topological polar surface area (TPSA) is 200 Å². The molecule has 4 aromatic rings. The molecule has 4 aromatic carbocycles. The molecule has 0 saturated heterocycles. The Morgan fingerprint density at radius 1 is 0.725 bits per heavy atom. The fourth-order valence-corrected chi connectivity index (χ4v) is 5.22. The summed E-state index contributed by atoms with van der Waals surface area (Å²) in [7, 11) is 5.41. The molecule has 0 unspecified atom stereocenters. The Labute approximate surface area is 300 Å². The molecule has 0 aliphatic carbocycles. The molecule has 0 aliphatic rings. The normalized spacial score (nSPS) is 10.5. The van der Waals surface area contributed by atoms with Crippen LogP contribution in [0, 0.1) is 5.82 Å². The van der Waals surface area contributed by atoms with Gasteiger partial charge in [0.25, 0.3) is 23.6 Å². The number of carbonyl (C=O) groups is 4. The summed E-state index contributed by atoms with van der Waals surface area (Å²) in [6.45, 7) is -1.33. The number of nitrogens with two attached hydrogens (primary N) is 1. The molecule has 0 bridgehead atoms. The molecule has 4 amide bonds. The van der Waals surface area contributed by atoms with Crippen LogP contribution in [0.3, 0.4) is 0 Å². The van der Waals surface area contributed by atoms with E-state index in [2.05, 4.69) is 21.3 Å². The van der Waals surface area contributed by atoms with Crippen molar-refractivity contribution in [2.45, 2.75) is 0 Å². The van der Waals surface area contributed by atoms with E-state index in [1.54, 1.807) is 0 Å².